The highest BCUT2D eigenvalue weighted by Gasteiger charge is 2.28. The van der Waals surface area contributed by atoms with E-state index < -0.39 is 6.04 Å². The lowest BCUT2D eigenvalue weighted by atomic mass is 10.2. The van der Waals surface area contributed by atoms with Crippen LogP contribution in [0.1, 0.15) is 37.7 Å². The molecule has 2 atom stereocenters. The molecule has 7 heteroatoms. The van der Waals surface area contributed by atoms with E-state index in [1.807, 2.05) is 0 Å². The van der Waals surface area contributed by atoms with Crippen LogP contribution in [0.5, 0.6) is 0 Å². The van der Waals surface area contributed by atoms with Crippen LogP contribution in [0.4, 0.5) is 0 Å². The number of nitrogens with two attached hydrogens (primary N) is 1. The fraction of sp³-hybridized carbons (Fsp3) is 0.818. The van der Waals surface area contributed by atoms with Gasteiger partial charge in [-0.25, -0.2) is 0 Å². The fourth-order valence-electron chi connectivity index (χ4n) is 1.90. The van der Waals surface area contributed by atoms with Crippen molar-refractivity contribution in [2.75, 3.05) is 26.3 Å². The fourth-order valence-corrected chi connectivity index (χ4v) is 1.90. The number of aliphatic hydroxyl groups is 1. The number of nitrogens with zero attached hydrogens (tertiary/aromatic N) is 3. The lowest BCUT2D eigenvalue weighted by Gasteiger charge is -2.34. The maximum absolute atomic E-state index is 8.93. The first-order valence-electron chi connectivity index (χ1n) is 6.17. The third kappa shape index (κ3) is 2.86. The van der Waals surface area contributed by atoms with Gasteiger partial charge in [-0.15, -0.1) is 0 Å². The zero-order valence-corrected chi connectivity index (χ0v) is 10.7. The highest BCUT2D eigenvalue weighted by Crippen LogP contribution is 2.21. The molecule has 1 aromatic rings. The average molecular weight is 256 g/mol. The Kier molecular flexibility index (Phi) is 4.28. The van der Waals surface area contributed by atoms with Crippen LogP contribution in [0, 0.1) is 0 Å². The molecule has 0 amide bonds. The number of aliphatic hydroxyl groups excluding tert-OH is 1. The van der Waals surface area contributed by atoms with Crippen molar-refractivity contribution >= 4 is 0 Å². The van der Waals surface area contributed by atoms with E-state index in [0.29, 0.717) is 18.5 Å². The molecule has 1 saturated heterocycles. The van der Waals surface area contributed by atoms with Gasteiger partial charge in [-0.05, 0) is 13.8 Å². The highest BCUT2D eigenvalue weighted by atomic mass is 16.5. The second kappa shape index (κ2) is 5.75. The normalized spacial score (nSPS) is 23.5. The number of aromatic nitrogens is 2. The largest absolute Gasteiger partial charge is 0.394 e. The highest BCUT2D eigenvalue weighted by molar-refractivity contribution is 4.97. The van der Waals surface area contributed by atoms with Gasteiger partial charge in [0.05, 0.1) is 13.2 Å². The Morgan fingerprint density at radius 1 is 1.56 bits per heavy atom. The van der Waals surface area contributed by atoms with Crippen molar-refractivity contribution in [1.82, 2.24) is 15.0 Å². The molecule has 1 unspecified atom stereocenters. The zero-order valence-electron chi connectivity index (χ0n) is 10.7. The summed E-state index contributed by atoms with van der Waals surface area (Å²) >= 11 is 0. The molecule has 0 spiro atoms. The van der Waals surface area contributed by atoms with Gasteiger partial charge in [0.2, 0.25) is 11.7 Å². The van der Waals surface area contributed by atoms with Crippen LogP contribution in [0.15, 0.2) is 4.52 Å². The number of hydrogen-bond donors (Lipinski definition) is 2. The molecule has 7 nitrogen and oxygen atoms in total. The minimum atomic E-state index is -0.629. The van der Waals surface area contributed by atoms with E-state index in [-0.39, 0.29) is 18.6 Å². The molecule has 0 saturated carbocycles. The summed E-state index contributed by atoms with van der Waals surface area (Å²) in [6.07, 6.45) is -0.190. The minimum Gasteiger partial charge on any atom is -0.394 e. The maximum atomic E-state index is 8.93. The molecule has 0 aromatic carbocycles. The van der Waals surface area contributed by atoms with Crippen LogP contribution in [0.2, 0.25) is 0 Å². The van der Waals surface area contributed by atoms with E-state index in [4.69, 9.17) is 20.1 Å². The Hall–Kier alpha value is -1.02. The molecular weight excluding hydrogens is 236 g/mol. The quantitative estimate of drug-likeness (QED) is 0.772. The number of ether oxygens (including phenoxy) is 1. The predicted molar refractivity (Wildman–Crippen MR) is 63.7 cm³/mol. The van der Waals surface area contributed by atoms with Crippen LogP contribution in [0.25, 0.3) is 0 Å². The number of rotatable bonds is 4. The molecule has 0 aliphatic carbocycles. The first kappa shape index (κ1) is 13.4. The van der Waals surface area contributed by atoms with Gasteiger partial charge in [-0.2, -0.15) is 4.98 Å². The van der Waals surface area contributed by atoms with Crippen molar-refractivity contribution in [2.45, 2.75) is 32.0 Å². The Morgan fingerprint density at radius 2 is 2.33 bits per heavy atom. The predicted octanol–water partition coefficient (Wildman–Crippen LogP) is -0.157. The minimum absolute atomic E-state index is 0.190. The summed E-state index contributed by atoms with van der Waals surface area (Å²) in [5.41, 5.74) is 5.62. The Labute approximate surface area is 106 Å². The van der Waals surface area contributed by atoms with Crippen molar-refractivity contribution in [3.8, 4) is 0 Å². The van der Waals surface area contributed by atoms with Crippen molar-refractivity contribution < 1.29 is 14.4 Å². The second-order valence-corrected chi connectivity index (χ2v) is 4.73. The van der Waals surface area contributed by atoms with Crippen molar-refractivity contribution in [3.63, 3.8) is 0 Å². The Balaban J connectivity index is 2.04. The van der Waals surface area contributed by atoms with Crippen LogP contribution < -0.4 is 5.73 Å². The van der Waals surface area contributed by atoms with Crippen LogP contribution >= 0.6 is 0 Å². The second-order valence-electron chi connectivity index (χ2n) is 4.73. The van der Waals surface area contributed by atoms with Gasteiger partial charge < -0.3 is 20.1 Å². The third-order valence-corrected chi connectivity index (χ3v) is 3.09. The smallest absolute Gasteiger partial charge is 0.246 e. The van der Waals surface area contributed by atoms with Crippen molar-refractivity contribution in [3.05, 3.63) is 11.7 Å². The van der Waals surface area contributed by atoms with Crippen LogP contribution in [0.3, 0.4) is 0 Å². The van der Waals surface area contributed by atoms with E-state index in [1.165, 1.54) is 0 Å². The molecule has 1 aliphatic heterocycles. The summed E-state index contributed by atoms with van der Waals surface area (Å²) in [7, 11) is 0. The van der Waals surface area contributed by atoms with Crippen LogP contribution in [-0.2, 0) is 4.74 Å². The molecule has 2 rings (SSSR count). The maximum Gasteiger partial charge on any atom is 0.246 e. The van der Waals surface area contributed by atoms with Gasteiger partial charge >= 0.3 is 0 Å². The summed E-state index contributed by atoms with van der Waals surface area (Å²) in [6, 6.07) is -0.168. The van der Waals surface area contributed by atoms with Crippen LogP contribution in [-0.4, -0.2) is 52.5 Å². The SMILES string of the molecule is CC(C)N1CCOC(c2noc([C@@H](N)CO)n2)C1. The molecule has 1 aromatic heterocycles. The van der Waals surface area contributed by atoms with Gasteiger partial charge in [0.1, 0.15) is 12.1 Å². The monoisotopic (exact) mass is 256 g/mol. The third-order valence-electron chi connectivity index (χ3n) is 3.09. The number of morpholine rings is 1. The summed E-state index contributed by atoms with van der Waals surface area (Å²) in [5.74, 6) is 0.747. The van der Waals surface area contributed by atoms with Gasteiger partial charge in [-0.1, -0.05) is 5.16 Å². The van der Waals surface area contributed by atoms with E-state index >= 15 is 0 Å². The first-order valence-corrected chi connectivity index (χ1v) is 6.17. The average Bonchev–Trinajstić information content (AvgIpc) is 2.87. The summed E-state index contributed by atoms with van der Waals surface area (Å²) in [4.78, 5) is 6.49. The molecule has 0 radical (unpaired) electrons. The van der Waals surface area contributed by atoms with E-state index in [9.17, 15) is 0 Å². The van der Waals surface area contributed by atoms with Gasteiger partial charge in [-0.3, -0.25) is 4.90 Å². The Morgan fingerprint density at radius 3 is 3.00 bits per heavy atom. The zero-order chi connectivity index (χ0) is 13.1. The lowest BCUT2D eigenvalue weighted by Crippen LogP contribution is -2.42. The lowest BCUT2D eigenvalue weighted by molar-refractivity contribution is -0.0450. The number of hydrogen-bond acceptors (Lipinski definition) is 7. The Bertz CT molecular complexity index is 382. The van der Waals surface area contributed by atoms with Gasteiger partial charge in [0.15, 0.2) is 0 Å². The molecule has 2 heterocycles. The van der Waals surface area contributed by atoms with Gasteiger partial charge in [0, 0.05) is 19.1 Å². The molecule has 0 bridgehead atoms. The van der Waals surface area contributed by atoms with Crippen molar-refractivity contribution in [2.24, 2.45) is 5.73 Å². The van der Waals surface area contributed by atoms with Gasteiger partial charge in [0.25, 0.3) is 0 Å². The summed E-state index contributed by atoms with van der Waals surface area (Å²) in [5, 5.41) is 12.8. The van der Waals surface area contributed by atoms with E-state index in [0.717, 1.165) is 13.1 Å². The van der Waals surface area contributed by atoms with E-state index in [1.54, 1.807) is 0 Å². The summed E-state index contributed by atoms with van der Waals surface area (Å²) in [6.45, 7) is 6.38. The molecular formula is C11H20N4O3. The molecule has 1 fully saturated rings. The van der Waals surface area contributed by atoms with E-state index in [2.05, 4.69) is 28.9 Å². The summed E-state index contributed by atoms with van der Waals surface area (Å²) < 4.78 is 10.7. The molecule has 18 heavy (non-hydrogen) atoms. The standard InChI is InChI=1S/C11H20N4O3/c1-7(2)15-3-4-17-9(5-15)10-13-11(18-14-10)8(12)6-16/h7-9,16H,3-6,12H2,1-2H3/t8-,9?/m0/s1. The molecule has 102 valence electrons. The van der Waals surface area contributed by atoms with Crippen molar-refractivity contribution in [1.29, 1.82) is 0 Å². The molecule has 3 N–H and O–H groups in total. The first-order chi connectivity index (χ1) is 8.61. The molecule has 1 aliphatic rings. The topological polar surface area (TPSA) is 97.6 Å².